The predicted octanol–water partition coefficient (Wildman–Crippen LogP) is 5.40. The van der Waals surface area contributed by atoms with E-state index in [1.54, 1.807) is 36.4 Å². The Morgan fingerprint density at radius 3 is 2.41 bits per heavy atom. The van der Waals surface area contributed by atoms with E-state index in [9.17, 15) is 9.59 Å². The minimum Gasteiger partial charge on any atom is -0.497 e. The second-order valence-corrected chi connectivity index (χ2v) is 8.20. The van der Waals surface area contributed by atoms with E-state index in [1.807, 2.05) is 32.0 Å². The molecule has 3 rings (SSSR count). The van der Waals surface area contributed by atoms with Gasteiger partial charge in [-0.15, -0.1) is 0 Å². The van der Waals surface area contributed by atoms with Gasteiger partial charge in [0.05, 0.1) is 23.4 Å². The Kier molecular flexibility index (Phi) is 8.51. The number of hydrogen-bond acceptors (Lipinski definition) is 5. The number of hydrogen-bond donors (Lipinski definition) is 2. The molecule has 0 bridgehead atoms. The molecular formula is C25H23Cl2N3O4. The smallest absolute Gasteiger partial charge is 0.271 e. The molecule has 0 aromatic heterocycles. The van der Waals surface area contributed by atoms with Gasteiger partial charge >= 0.3 is 0 Å². The van der Waals surface area contributed by atoms with Gasteiger partial charge in [0.15, 0.2) is 12.4 Å². The molecule has 0 saturated heterocycles. The molecule has 2 N–H and O–H groups in total. The molecule has 34 heavy (non-hydrogen) atoms. The molecule has 7 nitrogen and oxygen atoms in total. The maximum Gasteiger partial charge on any atom is 0.271 e. The van der Waals surface area contributed by atoms with Crippen molar-refractivity contribution in [3.8, 4) is 11.5 Å². The third kappa shape index (κ3) is 6.73. The lowest BCUT2D eigenvalue weighted by Gasteiger charge is -2.12. The van der Waals surface area contributed by atoms with Crippen LogP contribution in [0.15, 0.2) is 59.7 Å². The van der Waals surface area contributed by atoms with E-state index >= 15 is 0 Å². The van der Waals surface area contributed by atoms with Crippen LogP contribution in [0, 0.1) is 13.8 Å². The van der Waals surface area contributed by atoms with Gasteiger partial charge in [-0.1, -0.05) is 35.3 Å². The molecule has 0 unspecified atom stereocenters. The zero-order valence-electron chi connectivity index (χ0n) is 18.8. The fourth-order valence-corrected chi connectivity index (χ4v) is 3.55. The lowest BCUT2D eigenvalue weighted by molar-refractivity contribution is -0.118. The molecular weight excluding hydrogens is 477 g/mol. The number of benzene rings is 3. The highest BCUT2D eigenvalue weighted by molar-refractivity contribution is 6.37. The number of ether oxygens (including phenoxy) is 2. The number of carbonyl (C=O) groups is 2. The topological polar surface area (TPSA) is 89.0 Å². The van der Waals surface area contributed by atoms with Crippen molar-refractivity contribution in [2.75, 3.05) is 19.0 Å². The first-order valence-corrected chi connectivity index (χ1v) is 11.0. The third-order valence-corrected chi connectivity index (χ3v) is 5.43. The molecule has 9 heteroatoms. The summed E-state index contributed by atoms with van der Waals surface area (Å²) in [5.74, 6) is -0.00654. The molecule has 0 saturated carbocycles. The Labute approximate surface area is 207 Å². The van der Waals surface area contributed by atoms with E-state index in [2.05, 4.69) is 15.8 Å². The lowest BCUT2D eigenvalue weighted by atomic mass is 10.1. The number of nitrogens with zero attached hydrogens (tertiary/aromatic N) is 1. The maximum atomic E-state index is 12.2. The maximum absolute atomic E-state index is 12.2. The largest absolute Gasteiger partial charge is 0.497 e. The van der Waals surface area contributed by atoms with E-state index in [-0.39, 0.29) is 28.3 Å². The number of nitrogens with one attached hydrogen (secondary N) is 2. The molecule has 2 amide bonds. The Balaban J connectivity index is 1.58. The van der Waals surface area contributed by atoms with Gasteiger partial charge in [0, 0.05) is 11.3 Å². The highest BCUT2D eigenvalue weighted by Crippen LogP contribution is 2.34. The molecule has 176 valence electrons. The Morgan fingerprint density at radius 2 is 1.74 bits per heavy atom. The van der Waals surface area contributed by atoms with Crippen molar-refractivity contribution in [2.45, 2.75) is 13.8 Å². The monoisotopic (exact) mass is 499 g/mol. The second kappa shape index (κ2) is 11.5. The number of rotatable bonds is 8. The number of aryl methyl sites for hydroxylation is 2. The summed E-state index contributed by atoms with van der Waals surface area (Å²) >= 11 is 12.6. The van der Waals surface area contributed by atoms with Crippen LogP contribution in [0.4, 0.5) is 5.69 Å². The predicted molar refractivity (Wildman–Crippen MR) is 135 cm³/mol. The van der Waals surface area contributed by atoms with Crippen LogP contribution in [0.5, 0.6) is 11.5 Å². The molecule has 0 aliphatic heterocycles. The zero-order valence-corrected chi connectivity index (χ0v) is 20.3. The average molecular weight is 500 g/mol. The minimum absolute atomic E-state index is 0.177. The Hall–Kier alpha value is -3.55. The number of amides is 2. The van der Waals surface area contributed by atoms with Crippen molar-refractivity contribution >= 4 is 46.9 Å². The van der Waals surface area contributed by atoms with Gasteiger partial charge in [0.25, 0.3) is 11.8 Å². The van der Waals surface area contributed by atoms with Crippen LogP contribution in [0.25, 0.3) is 0 Å². The fourth-order valence-electron chi connectivity index (χ4n) is 2.94. The van der Waals surface area contributed by atoms with Crippen LogP contribution in [0.1, 0.15) is 27.0 Å². The molecule has 0 aliphatic rings. The van der Waals surface area contributed by atoms with Crippen LogP contribution in [-0.4, -0.2) is 31.7 Å². The molecule has 0 heterocycles. The van der Waals surface area contributed by atoms with Gasteiger partial charge in [0.1, 0.15) is 5.75 Å². The van der Waals surface area contributed by atoms with E-state index in [0.29, 0.717) is 22.6 Å². The van der Waals surface area contributed by atoms with Gasteiger partial charge < -0.3 is 14.8 Å². The van der Waals surface area contributed by atoms with Crippen LogP contribution in [0.3, 0.4) is 0 Å². The minimum atomic E-state index is -0.401. The highest BCUT2D eigenvalue weighted by Gasteiger charge is 2.12. The average Bonchev–Trinajstić information content (AvgIpc) is 2.81. The molecule has 0 atom stereocenters. The summed E-state index contributed by atoms with van der Waals surface area (Å²) in [7, 11) is 1.52. The number of anilines is 1. The van der Waals surface area contributed by atoms with Gasteiger partial charge in [-0.25, -0.2) is 5.43 Å². The molecule has 0 fully saturated rings. The van der Waals surface area contributed by atoms with Crippen LogP contribution < -0.4 is 20.2 Å². The summed E-state index contributed by atoms with van der Waals surface area (Å²) in [4.78, 5) is 24.5. The summed E-state index contributed by atoms with van der Waals surface area (Å²) in [6.07, 6.45) is 1.39. The number of hydrazone groups is 1. The fraction of sp³-hybridized carbons (Fsp3) is 0.160. The van der Waals surface area contributed by atoms with E-state index < -0.39 is 5.91 Å². The van der Waals surface area contributed by atoms with Gasteiger partial charge in [-0.05, 0) is 73.0 Å². The van der Waals surface area contributed by atoms with Crippen LogP contribution in [-0.2, 0) is 4.79 Å². The summed E-state index contributed by atoms with van der Waals surface area (Å²) in [6.45, 7) is 3.70. The van der Waals surface area contributed by atoms with Crippen molar-refractivity contribution in [2.24, 2.45) is 5.10 Å². The molecule has 0 aliphatic carbocycles. The summed E-state index contributed by atoms with van der Waals surface area (Å²) < 4.78 is 10.6. The van der Waals surface area contributed by atoms with Crippen molar-refractivity contribution in [1.29, 1.82) is 0 Å². The number of methoxy groups -OCH3 is 1. The SMILES string of the molecule is COc1cccc(C(=O)N/N=C/c2cc(Cl)c(OCC(=O)Nc3ccc(C)c(C)c3)c(Cl)c2)c1. The first kappa shape index (κ1) is 25.1. The quantitative estimate of drug-likeness (QED) is 0.320. The van der Waals surface area contributed by atoms with Crippen molar-refractivity contribution in [3.63, 3.8) is 0 Å². The van der Waals surface area contributed by atoms with E-state index in [1.165, 1.54) is 13.3 Å². The lowest BCUT2D eigenvalue weighted by Crippen LogP contribution is -2.20. The molecule has 3 aromatic rings. The first-order valence-electron chi connectivity index (χ1n) is 10.2. The first-order chi connectivity index (χ1) is 16.3. The second-order valence-electron chi connectivity index (χ2n) is 7.38. The van der Waals surface area contributed by atoms with Gasteiger partial charge in [-0.3, -0.25) is 9.59 Å². The van der Waals surface area contributed by atoms with Crippen molar-refractivity contribution in [1.82, 2.24) is 5.43 Å². The number of carbonyl (C=O) groups excluding carboxylic acids is 2. The van der Waals surface area contributed by atoms with Crippen LogP contribution >= 0.6 is 23.2 Å². The Bertz CT molecular complexity index is 1220. The molecule has 0 spiro atoms. The highest BCUT2D eigenvalue weighted by atomic mass is 35.5. The summed E-state index contributed by atoms with van der Waals surface area (Å²) in [5.41, 5.74) is 6.24. The Morgan fingerprint density at radius 1 is 1.00 bits per heavy atom. The summed E-state index contributed by atoms with van der Waals surface area (Å²) in [6, 6.07) is 15.4. The zero-order chi connectivity index (χ0) is 24.7. The van der Waals surface area contributed by atoms with Crippen molar-refractivity contribution in [3.05, 3.63) is 86.9 Å². The molecule has 3 aromatic carbocycles. The standard InChI is InChI=1S/C25H23Cl2N3O4/c1-15-7-8-19(9-16(15)2)29-23(31)14-34-24-21(26)10-17(11-22(24)27)13-28-30-25(32)18-5-4-6-20(12-18)33-3/h4-13H,14H2,1-3H3,(H,29,31)(H,30,32)/b28-13+. The third-order valence-electron chi connectivity index (χ3n) is 4.87. The van der Waals surface area contributed by atoms with Gasteiger partial charge in [-0.2, -0.15) is 5.10 Å². The van der Waals surface area contributed by atoms with Gasteiger partial charge in [0.2, 0.25) is 0 Å². The number of halogens is 2. The normalized spacial score (nSPS) is 10.7. The molecule has 0 radical (unpaired) electrons. The summed E-state index contributed by atoms with van der Waals surface area (Å²) in [5, 5.41) is 7.10. The van der Waals surface area contributed by atoms with Crippen LogP contribution in [0.2, 0.25) is 10.0 Å². The van der Waals surface area contributed by atoms with Crippen molar-refractivity contribution < 1.29 is 19.1 Å². The van der Waals surface area contributed by atoms with E-state index in [4.69, 9.17) is 32.7 Å². The van der Waals surface area contributed by atoms with E-state index in [0.717, 1.165) is 11.1 Å².